The van der Waals surface area contributed by atoms with Crippen molar-refractivity contribution in [3.8, 4) is 0 Å². The second-order valence-corrected chi connectivity index (χ2v) is 5.18. The van der Waals surface area contributed by atoms with Crippen molar-refractivity contribution >= 4 is 16.6 Å². The van der Waals surface area contributed by atoms with Crippen molar-refractivity contribution in [1.82, 2.24) is 10.2 Å². The van der Waals surface area contributed by atoms with E-state index >= 15 is 0 Å². The number of rotatable bonds is 2. The molecule has 100 valence electrons. The first kappa shape index (κ1) is 11.5. The maximum absolute atomic E-state index is 13.8. The van der Waals surface area contributed by atoms with Gasteiger partial charge in [0.1, 0.15) is 5.82 Å². The Morgan fingerprint density at radius 2 is 2.10 bits per heavy atom. The number of nitrogens with one attached hydrogen (secondary N) is 2. The highest BCUT2D eigenvalue weighted by molar-refractivity contribution is 5.90. The van der Waals surface area contributed by atoms with Gasteiger partial charge in [0.15, 0.2) is 0 Å². The minimum Gasteiger partial charge on any atom is -0.376 e. The predicted octanol–water partition coefficient (Wildman–Crippen LogP) is 3.80. The van der Waals surface area contributed by atoms with Gasteiger partial charge in [-0.25, -0.2) is 4.39 Å². The van der Waals surface area contributed by atoms with Crippen LogP contribution in [0.5, 0.6) is 0 Å². The second kappa shape index (κ2) is 4.34. The summed E-state index contributed by atoms with van der Waals surface area (Å²) in [4.78, 5) is 0. The maximum atomic E-state index is 13.8. The first-order chi connectivity index (χ1) is 9.83. The standard InChI is InChI=1S/C16H14FN3/c17-13-5-2-4-12-11(13)7-8-14(12)19-15-6-1-3-10-9-18-20-16(10)15/h1-6,9,14,19H,7-8H2,(H,18,20). The molecular formula is C16H14FN3. The summed E-state index contributed by atoms with van der Waals surface area (Å²) in [5.41, 5.74) is 3.93. The first-order valence-corrected chi connectivity index (χ1v) is 6.79. The topological polar surface area (TPSA) is 40.7 Å². The number of nitrogens with zero attached hydrogens (tertiary/aromatic N) is 1. The number of para-hydroxylation sites is 1. The van der Waals surface area contributed by atoms with E-state index in [1.807, 2.05) is 30.5 Å². The van der Waals surface area contributed by atoms with Crippen LogP contribution in [0, 0.1) is 5.82 Å². The van der Waals surface area contributed by atoms with Crippen LogP contribution in [0.2, 0.25) is 0 Å². The van der Waals surface area contributed by atoms with E-state index in [1.165, 1.54) is 6.07 Å². The number of halogens is 1. The third-order valence-corrected chi connectivity index (χ3v) is 4.02. The van der Waals surface area contributed by atoms with Gasteiger partial charge < -0.3 is 5.32 Å². The highest BCUT2D eigenvalue weighted by Crippen LogP contribution is 2.36. The van der Waals surface area contributed by atoms with Gasteiger partial charge in [-0.05, 0) is 36.1 Å². The van der Waals surface area contributed by atoms with E-state index in [0.29, 0.717) is 0 Å². The van der Waals surface area contributed by atoms with Gasteiger partial charge in [0.2, 0.25) is 0 Å². The van der Waals surface area contributed by atoms with Crippen LogP contribution in [0.4, 0.5) is 10.1 Å². The highest BCUT2D eigenvalue weighted by Gasteiger charge is 2.25. The Bertz CT molecular complexity index is 778. The molecule has 0 aliphatic heterocycles. The van der Waals surface area contributed by atoms with E-state index in [0.717, 1.165) is 40.6 Å². The molecule has 1 aliphatic carbocycles. The van der Waals surface area contributed by atoms with Gasteiger partial charge in [-0.15, -0.1) is 0 Å². The Balaban J connectivity index is 1.72. The Kier molecular flexibility index (Phi) is 2.49. The highest BCUT2D eigenvalue weighted by atomic mass is 19.1. The molecule has 0 saturated carbocycles. The fourth-order valence-electron chi connectivity index (χ4n) is 3.04. The molecule has 1 heterocycles. The van der Waals surface area contributed by atoms with Crippen LogP contribution < -0.4 is 5.32 Å². The summed E-state index contributed by atoms with van der Waals surface area (Å²) in [7, 11) is 0. The lowest BCUT2D eigenvalue weighted by Gasteiger charge is -2.16. The van der Waals surface area contributed by atoms with Gasteiger partial charge in [-0.1, -0.05) is 24.3 Å². The monoisotopic (exact) mass is 267 g/mol. The summed E-state index contributed by atoms with van der Waals surface area (Å²) in [5, 5.41) is 11.7. The Hall–Kier alpha value is -2.36. The lowest BCUT2D eigenvalue weighted by Crippen LogP contribution is -2.07. The van der Waals surface area contributed by atoms with Crippen molar-refractivity contribution in [3.05, 3.63) is 59.5 Å². The van der Waals surface area contributed by atoms with Gasteiger partial charge in [0, 0.05) is 5.39 Å². The lowest BCUT2D eigenvalue weighted by molar-refractivity contribution is 0.612. The molecule has 2 N–H and O–H groups in total. The van der Waals surface area contributed by atoms with Crippen LogP contribution in [0.3, 0.4) is 0 Å². The van der Waals surface area contributed by atoms with E-state index in [-0.39, 0.29) is 11.9 Å². The molecule has 1 atom stereocenters. The van der Waals surface area contributed by atoms with Crippen molar-refractivity contribution in [2.24, 2.45) is 0 Å². The molecule has 1 aromatic heterocycles. The summed E-state index contributed by atoms with van der Waals surface area (Å²) < 4.78 is 13.8. The molecule has 3 aromatic rings. The minimum absolute atomic E-state index is 0.0912. The van der Waals surface area contributed by atoms with Crippen LogP contribution in [0.25, 0.3) is 10.9 Å². The number of aromatic nitrogens is 2. The molecule has 3 nitrogen and oxygen atoms in total. The van der Waals surface area contributed by atoms with E-state index in [2.05, 4.69) is 15.5 Å². The molecule has 0 bridgehead atoms. The van der Waals surface area contributed by atoms with Crippen molar-refractivity contribution < 1.29 is 4.39 Å². The molecule has 0 saturated heterocycles. The van der Waals surface area contributed by atoms with Gasteiger partial charge in [-0.2, -0.15) is 5.10 Å². The lowest BCUT2D eigenvalue weighted by atomic mass is 10.1. The molecule has 1 aliphatic rings. The molecule has 1 unspecified atom stereocenters. The summed E-state index contributed by atoms with van der Waals surface area (Å²) >= 11 is 0. The SMILES string of the molecule is Fc1cccc2c1CCC2Nc1cccc2cn[nH]c12. The smallest absolute Gasteiger partial charge is 0.126 e. The van der Waals surface area contributed by atoms with Gasteiger partial charge in [0.05, 0.1) is 23.4 Å². The number of hydrogen-bond donors (Lipinski definition) is 2. The molecule has 4 rings (SSSR count). The van der Waals surface area contributed by atoms with E-state index in [4.69, 9.17) is 0 Å². The largest absolute Gasteiger partial charge is 0.376 e. The average Bonchev–Trinajstić information content (AvgIpc) is 3.07. The average molecular weight is 267 g/mol. The summed E-state index contributed by atoms with van der Waals surface area (Å²) in [5.74, 6) is -0.0912. The molecular weight excluding hydrogens is 253 g/mol. The van der Waals surface area contributed by atoms with E-state index < -0.39 is 0 Å². The fraction of sp³-hybridized carbons (Fsp3) is 0.188. The predicted molar refractivity (Wildman–Crippen MR) is 77.2 cm³/mol. The van der Waals surface area contributed by atoms with Crippen LogP contribution in [-0.4, -0.2) is 10.2 Å². The quantitative estimate of drug-likeness (QED) is 0.741. The van der Waals surface area contributed by atoms with E-state index in [1.54, 1.807) is 6.07 Å². The van der Waals surface area contributed by atoms with Crippen LogP contribution in [-0.2, 0) is 6.42 Å². The Labute approximate surface area is 115 Å². The van der Waals surface area contributed by atoms with Crippen molar-refractivity contribution in [1.29, 1.82) is 0 Å². The number of fused-ring (bicyclic) bond motifs is 2. The second-order valence-electron chi connectivity index (χ2n) is 5.18. The normalized spacial score (nSPS) is 17.4. The van der Waals surface area contributed by atoms with Gasteiger partial charge in [0.25, 0.3) is 0 Å². The number of benzene rings is 2. The summed E-state index contributed by atoms with van der Waals surface area (Å²) in [6.45, 7) is 0. The molecule has 0 amide bonds. The molecule has 2 aromatic carbocycles. The maximum Gasteiger partial charge on any atom is 0.126 e. The Morgan fingerprint density at radius 3 is 3.05 bits per heavy atom. The number of anilines is 1. The minimum atomic E-state index is -0.0912. The summed E-state index contributed by atoms with van der Waals surface area (Å²) in [6.07, 6.45) is 3.52. The van der Waals surface area contributed by atoms with E-state index in [9.17, 15) is 4.39 Å². The number of hydrogen-bond acceptors (Lipinski definition) is 2. The van der Waals surface area contributed by atoms with Crippen molar-refractivity contribution in [2.45, 2.75) is 18.9 Å². The van der Waals surface area contributed by atoms with Crippen LogP contribution in [0.1, 0.15) is 23.6 Å². The van der Waals surface area contributed by atoms with Crippen molar-refractivity contribution in [2.75, 3.05) is 5.32 Å². The molecule has 0 spiro atoms. The van der Waals surface area contributed by atoms with Crippen LogP contribution >= 0.6 is 0 Å². The van der Waals surface area contributed by atoms with Crippen molar-refractivity contribution in [3.63, 3.8) is 0 Å². The fourth-order valence-corrected chi connectivity index (χ4v) is 3.04. The number of H-pyrrole nitrogens is 1. The summed E-state index contributed by atoms with van der Waals surface area (Å²) in [6, 6.07) is 11.5. The number of aromatic amines is 1. The van der Waals surface area contributed by atoms with Gasteiger partial charge in [-0.3, -0.25) is 5.10 Å². The molecule has 0 radical (unpaired) electrons. The third-order valence-electron chi connectivity index (χ3n) is 4.02. The van der Waals surface area contributed by atoms with Crippen LogP contribution in [0.15, 0.2) is 42.6 Å². The zero-order valence-electron chi connectivity index (χ0n) is 10.9. The Morgan fingerprint density at radius 1 is 1.20 bits per heavy atom. The molecule has 4 heteroatoms. The third kappa shape index (κ3) is 1.68. The zero-order valence-corrected chi connectivity index (χ0v) is 10.9. The first-order valence-electron chi connectivity index (χ1n) is 6.79. The van der Waals surface area contributed by atoms with Gasteiger partial charge >= 0.3 is 0 Å². The zero-order chi connectivity index (χ0) is 13.5. The molecule has 0 fully saturated rings. The molecule has 20 heavy (non-hydrogen) atoms.